The van der Waals surface area contributed by atoms with E-state index < -0.39 is 18.3 Å². The molecule has 0 saturated carbocycles. The van der Waals surface area contributed by atoms with Crippen molar-refractivity contribution in [1.29, 1.82) is 0 Å². The minimum atomic E-state index is -1.50. The monoisotopic (exact) mass is 435 g/mol. The normalized spacial score (nSPS) is 14.3. The molecule has 1 aliphatic carbocycles. The summed E-state index contributed by atoms with van der Waals surface area (Å²) in [7, 11) is 0. The van der Waals surface area contributed by atoms with Gasteiger partial charge in [-0.05, 0) is 40.8 Å². The Kier molecular flexibility index (Phi) is 6.30. The second-order valence-electron chi connectivity index (χ2n) is 7.76. The molecule has 0 fully saturated rings. The van der Waals surface area contributed by atoms with E-state index in [4.69, 9.17) is 4.74 Å². The van der Waals surface area contributed by atoms with Crippen LogP contribution in [0.25, 0.3) is 11.1 Å². The van der Waals surface area contributed by atoms with Crippen molar-refractivity contribution in [2.24, 2.45) is 0 Å². The number of hydrogen-bond acceptors (Lipinski definition) is 6. The summed E-state index contributed by atoms with van der Waals surface area (Å²) in [6.07, 6.45) is -3.43. The molecule has 0 radical (unpaired) electrons. The van der Waals surface area contributed by atoms with Gasteiger partial charge in [0.15, 0.2) is 0 Å². The van der Waals surface area contributed by atoms with E-state index >= 15 is 0 Å². The largest absolute Gasteiger partial charge is 0.507 e. The van der Waals surface area contributed by atoms with Crippen molar-refractivity contribution in [1.82, 2.24) is 5.32 Å². The molecule has 0 aliphatic heterocycles. The van der Waals surface area contributed by atoms with Crippen LogP contribution < -0.4 is 5.32 Å². The van der Waals surface area contributed by atoms with Crippen molar-refractivity contribution in [3.05, 3.63) is 83.4 Å². The molecule has 32 heavy (non-hydrogen) atoms. The summed E-state index contributed by atoms with van der Waals surface area (Å²) in [6.45, 7) is 0.222. The van der Waals surface area contributed by atoms with E-state index in [1.54, 1.807) is 0 Å². The van der Waals surface area contributed by atoms with Gasteiger partial charge in [-0.3, -0.25) is 0 Å². The summed E-state index contributed by atoms with van der Waals surface area (Å²) in [4.78, 5) is 12.2. The number of carbonyl (C=O) groups is 1. The number of carbonyl (C=O) groups excluding carboxylic acids is 1. The van der Waals surface area contributed by atoms with E-state index in [1.165, 1.54) is 18.2 Å². The number of nitrogens with one attached hydrogen (secondary N) is 1. The number of ether oxygens (including phenoxy) is 1. The highest BCUT2D eigenvalue weighted by Gasteiger charge is 2.29. The van der Waals surface area contributed by atoms with Crippen molar-refractivity contribution < 1.29 is 30.0 Å². The molecule has 0 aromatic heterocycles. The Labute approximate surface area is 185 Å². The van der Waals surface area contributed by atoms with Gasteiger partial charge in [-0.25, -0.2) is 4.79 Å². The van der Waals surface area contributed by atoms with Crippen molar-refractivity contribution in [3.8, 4) is 22.6 Å². The quantitative estimate of drug-likeness (QED) is 0.388. The Morgan fingerprint density at radius 3 is 2.03 bits per heavy atom. The molecule has 5 N–H and O–H groups in total. The maximum atomic E-state index is 12.2. The summed E-state index contributed by atoms with van der Waals surface area (Å²) in [5.74, 6) is -0.688. The zero-order valence-electron chi connectivity index (χ0n) is 17.3. The topological polar surface area (TPSA) is 119 Å². The second kappa shape index (κ2) is 9.30. The molecule has 3 aromatic carbocycles. The molecule has 7 heteroatoms. The Balaban J connectivity index is 1.30. The lowest BCUT2D eigenvalue weighted by Crippen LogP contribution is -2.30. The average Bonchev–Trinajstić information content (AvgIpc) is 3.11. The first-order valence-corrected chi connectivity index (χ1v) is 10.4. The number of alkyl carbamates (subject to hydrolysis) is 1. The average molecular weight is 435 g/mol. The van der Waals surface area contributed by atoms with Crippen molar-refractivity contribution in [2.75, 3.05) is 13.2 Å². The molecule has 0 spiro atoms. The number of amides is 1. The van der Waals surface area contributed by atoms with E-state index in [-0.39, 0.29) is 42.6 Å². The van der Waals surface area contributed by atoms with Gasteiger partial charge in [-0.1, -0.05) is 54.6 Å². The number of aromatic hydroxyl groups is 2. The van der Waals surface area contributed by atoms with Gasteiger partial charge in [0.2, 0.25) is 0 Å². The molecule has 166 valence electrons. The van der Waals surface area contributed by atoms with E-state index in [0.717, 1.165) is 22.3 Å². The minimum Gasteiger partial charge on any atom is -0.507 e. The maximum Gasteiger partial charge on any atom is 0.407 e. The number of aliphatic hydroxyl groups excluding tert-OH is 2. The van der Waals surface area contributed by atoms with Crippen LogP contribution in [0.5, 0.6) is 11.5 Å². The summed E-state index contributed by atoms with van der Waals surface area (Å²) < 4.78 is 5.43. The highest BCUT2D eigenvalue weighted by Crippen LogP contribution is 2.44. The van der Waals surface area contributed by atoms with Crippen LogP contribution in [-0.2, 0) is 4.74 Å². The SMILES string of the molecule is O=C(NCCC(O)C(O)c1c(O)cccc1O)OCC1c2ccccc2-c2ccccc21. The zero-order chi connectivity index (χ0) is 22.7. The number of fused-ring (bicyclic) bond motifs is 3. The number of benzene rings is 3. The molecule has 0 heterocycles. The first-order valence-electron chi connectivity index (χ1n) is 10.4. The van der Waals surface area contributed by atoms with Crippen molar-refractivity contribution in [2.45, 2.75) is 24.5 Å². The molecule has 0 saturated heterocycles. The van der Waals surface area contributed by atoms with Crippen LogP contribution in [0.4, 0.5) is 4.79 Å². The molecule has 2 unspecified atom stereocenters. The highest BCUT2D eigenvalue weighted by molar-refractivity contribution is 5.79. The molecular weight excluding hydrogens is 410 g/mol. The van der Waals surface area contributed by atoms with Crippen LogP contribution in [0.1, 0.15) is 35.1 Å². The lowest BCUT2D eigenvalue weighted by molar-refractivity contribution is 0.0110. The Bertz CT molecular complexity index is 1050. The van der Waals surface area contributed by atoms with E-state index in [9.17, 15) is 25.2 Å². The third-order valence-electron chi connectivity index (χ3n) is 5.77. The first-order chi connectivity index (χ1) is 15.5. The number of hydrogen-bond donors (Lipinski definition) is 5. The van der Waals surface area contributed by atoms with Gasteiger partial charge in [-0.2, -0.15) is 0 Å². The molecule has 1 amide bonds. The number of rotatable bonds is 7. The van der Waals surface area contributed by atoms with Gasteiger partial charge >= 0.3 is 6.09 Å². The lowest BCUT2D eigenvalue weighted by atomic mass is 9.98. The zero-order valence-corrected chi connectivity index (χ0v) is 17.3. The Hall–Kier alpha value is -3.55. The van der Waals surface area contributed by atoms with Gasteiger partial charge in [0.05, 0.1) is 11.7 Å². The fourth-order valence-corrected chi connectivity index (χ4v) is 4.17. The van der Waals surface area contributed by atoms with Gasteiger partial charge in [0, 0.05) is 12.5 Å². The maximum absolute atomic E-state index is 12.2. The standard InChI is InChI=1S/C25H25NO6/c27-20-10-5-11-21(28)23(20)24(30)22(29)12-13-26-25(31)32-14-19-17-8-3-1-6-15(17)16-7-2-4-9-18(16)19/h1-11,19,22,24,27-30H,12-14H2,(H,26,31). The van der Waals surface area contributed by atoms with Crippen LogP contribution in [0.15, 0.2) is 66.7 Å². The molecule has 3 aromatic rings. The van der Waals surface area contributed by atoms with Gasteiger partial charge in [-0.15, -0.1) is 0 Å². The fraction of sp³-hybridized carbons (Fsp3) is 0.240. The molecule has 2 atom stereocenters. The highest BCUT2D eigenvalue weighted by atomic mass is 16.5. The molecule has 0 bridgehead atoms. The molecule has 4 rings (SSSR count). The van der Waals surface area contributed by atoms with Crippen LogP contribution in [0, 0.1) is 0 Å². The Morgan fingerprint density at radius 1 is 0.875 bits per heavy atom. The fourth-order valence-electron chi connectivity index (χ4n) is 4.17. The first kappa shape index (κ1) is 21.7. The van der Waals surface area contributed by atoms with Crippen molar-refractivity contribution >= 4 is 6.09 Å². The van der Waals surface area contributed by atoms with E-state index in [1.807, 2.05) is 36.4 Å². The summed E-state index contributed by atoms with van der Waals surface area (Å²) >= 11 is 0. The Morgan fingerprint density at radius 2 is 1.44 bits per heavy atom. The summed E-state index contributed by atoms with van der Waals surface area (Å²) in [5.41, 5.74) is 4.36. The van der Waals surface area contributed by atoms with Crippen LogP contribution >= 0.6 is 0 Å². The van der Waals surface area contributed by atoms with Gasteiger partial charge < -0.3 is 30.5 Å². The number of aliphatic hydroxyl groups is 2. The van der Waals surface area contributed by atoms with Crippen LogP contribution in [0.2, 0.25) is 0 Å². The van der Waals surface area contributed by atoms with Gasteiger partial charge in [0.25, 0.3) is 0 Å². The molecule has 7 nitrogen and oxygen atoms in total. The third kappa shape index (κ3) is 4.26. The minimum absolute atomic E-state index is 0.000857. The van der Waals surface area contributed by atoms with Gasteiger partial charge in [0.1, 0.15) is 24.2 Å². The molecule has 1 aliphatic rings. The van der Waals surface area contributed by atoms with E-state index in [0.29, 0.717) is 0 Å². The number of phenolic OH excluding ortho intramolecular Hbond substituents is 2. The lowest BCUT2D eigenvalue weighted by Gasteiger charge is -2.20. The third-order valence-corrected chi connectivity index (χ3v) is 5.77. The second-order valence-corrected chi connectivity index (χ2v) is 7.76. The van der Waals surface area contributed by atoms with Crippen LogP contribution in [-0.4, -0.2) is 45.8 Å². The summed E-state index contributed by atoms with van der Waals surface area (Å²) in [6, 6.07) is 20.1. The molecular formula is C25H25NO6. The smallest absolute Gasteiger partial charge is 0.407 e. The predicted molar refractivity (Wildman–Crippen MR) is 118 cm³/mol. The van der Waals surface area contributed by atoms with E-state index in [2.05, 4.69) is 17.4 Å². The van der Waals surface area contributed by atoms with Crippen molar-refractivity contribution in [3.63, 3.8) is 0 Å². The summed E-state index contributed by atoms with van der Waals surface area (Å²) in [5, 5.41) is 42.6. The predicted octanol–water partition coefficient (Wildman–Crippen LogP) is 3.42. The number of phenols is 2. The van der Waals surface area contributed by atoms with Crippen LogP contribution in [0.3, 0.4) is 0 Å².